The fourth-order valence-electron chi connectivity index (χ4n) is 3.49. The molecule has 9 heteroatoms. The maximum Gasteiger partial charge on any atom is 0.335 e. The molecule has 3 N–H and O–H groups in total. The first-order valence-electron chi connectivity index (χ1n) is 10.2. The van der Waals surface area contributed by atoms with Crippen LogP contribution in [0.15, 0.2) is 89.0 Å². The molecule has 5 rings (SSSR count). The fraction of sp³-hybridized carbons (Fsp3) is 0. The van der Waals surface area contributed by atoms with Crippen molar-refractivity contribution in [2.75, 3.05) is 5.73 Å². The molecule has 7 nitrogen and oxygen atoms in total. The summed E-state index contributed by atoms with van der Waals surface area (Å²) in [4.78, 5) is 21.4. The number of carboxylic acid groups (broad SMARTS) is 1. The van der Waals surface area contributed by atoms with Crippen molar-refractivity contribution in [1.82, 2.24) is 19.6 Å². The third-order valence-corrected chi connectivity index (χ3v) is 6.44. The summed E-state index contributed by atoms with van der Waals surface area (Å²) in [5.74, 6) is -0.452. The highest BCUT2D eigenvalue weighted by molar-refractivity contribution is 7.99. The van der Waals surface area contributed by atoms with Gasteiger partial charge in [-0.3, -0.25) is 4.98 Å². The first-order chi connectivity index (χ1) is 16.0. The number of nitrogens with zero attached hydrogens (tertiary/aromatic N) is 4. The molecular weight excluding hydrogens is 433 g/mol. The Morgan fingerprint density at radius 2 is 1.73 bits per heavy atom. The highest BCUT2D eigenvalue weighted by atomic mass is 32.2. The van der Waals surface area contributed by atoms with Crippen molar-refractivity contribution in [3.05, 3.63) is 84.7 Å². The molecule has 0 saturated heterocycles. The van der Waals surface area contributed by atoms with E-state index >= 15 is 0 Å². The zero-order chi connectivity index (χ0) is 22.9. The number of benzene rings is 2. The molecule has 0 atom stereocenters. The van der Waals surface area contributed by atoms with Crippen LogP contribution in [0, 0.1) is 0 Å². The number of aromatic nitrogens is 4. The molecule has 160 valence electrons. The van der Waals surface area contributed by atoms with Crippen LogP contribution in [0.25, 0.3) is 28.0 Å². The average Bonchev–Trinajstić information content (AvgIpc) is 3.27. The van der Waals surface area contributed by atoms with Gasteiger partial charge in [0, 0.05) is 27.8 Å². The number of carbonyl (C=O) groups is 1. The molecule has 0 radical (unpaired) electrons. The van der Waals surface area contributed by atoms with Crippen LogP contribution >= 0.6 is 11.8 Å². The number of nitrogens with two attached hydrogens (primary N) is 1. The van der Waals surface area contributed by atoms with Crippen LogP contribution in [-0.4, -0.2) is 38.5 Å². The van der Waals surface area contributed by atoms with Crippen LogP contribution in [0.4, 0.5) is 5.82 Å². The lowest BCUT2D eigenvalue weighted by atomic mass is 9.99. The molecule has 33 heavy (non-hydrogen) atoms. The molecule has 0 unspecified atom stereocenters. The standard InChI is InChI=1S/C24H18BN5O2S/c25-20-21(26)30-22(29-23(20)33-17-9-6-15(7-10-17)24(31)32)18(13-28-30)16-8-11-19(27-12-16)14-4-2-1-3-5-14/h1-13H,25-26H2,(H,31,32). The van der Waals surface area contributed by atoms with Gasteiger partial charge in [-0.05, 0) is 35.8 Å². The number of fused-ring (bicyclic) bond motifs is 1. The van der Waals surface area contributed by atoms with Crippen LogP contribution in [0.5, 0.6) is 0 Å². The molecule has 0 aliphatic carbocycles. The molecule has 5 aromatic rings. The van der Waals surface area contributed by atoms with Crippen molar-refractivity contribution in [2.24, 2.45) is 0 Å². The van der Waals surface area contributed by atoms with Crippen molar-refractivity contribution in [1.29, 1.82) is 0 Å². The second-order valence-electron chi connectivity index (χ2n) is 7.45. The highest BCUT2D eigenvalue weighted by Crippen LogP contribution is 2.30. The minimum Gasteiger partial charge on any atom is -0.478 e. The number of hydrogen-bond acceptors (Lipinski definition) is 6. The average molecular weight is 451 g/mol. The van der Waals surface area contributed by atoms with Crippen molar-refractivity contribution in [3.8, 4) is 22.4 Å². The topological polar surface area (TPSA) is 106 Å². The summed E-state index contributed by atoms with van der Waals surface area (Å²) in [7, 11) is 1.90. The second kappa shape index (κ2) is 8.44. The van der Waals surface area contributed by atoms with Gasteiger partial charge in [-0.15, -0.1) is 0 Å². The van der Waals surface area contributed by atoms with E-state index in [1.54, 1.807) is 35.0 Å². The number of rotatable bonds is 5. The Morgan fingerprint density at radius 3 is 2.39 bits per heavy atom. The number of anilines is 1. The molecule has 3 heterocycles. The first kappa shape index (κ1) is 20.8. The van der Waals surface area contributed by atoms with E-state index in [0.29, 0.717) is 11.5 Å². The van der Waals surface area contributed by atoms with Gasteiger partial charge in [0.15, 0.2) is 5.65 Å². The minimum absolute atomic E-state index is 0.239. The van der Waals surface area contributed by atoms with E-state index in [4.69, 9.17) is 15.8 Å². The molecule has 0 spiro atoms. The van der Waals surface area contributed by atoms with Gasteiger partial charge in [0.25, 0.3) is 0 Å². The molecule has 0 amide bonds. The Kier molecular flexibility index (Phi) is 5.31. The van der Waals surface area contributed by atoms with Gasteiger partial charge in [-0.25, -0.2) is 9.78 Å². The van der Waals surface area contributed by atoms with Crippen molar-refractivity contribution < 1.29 is 9.90 Å². The summed E-state index contributed by atoms with van der Waals surface area (Å²) in [6, 6.07) is 20.7. The SMILES string of the molecule is Bc1c(Sc2ccc(C(=O)O)cc2)nc2c(-c3ccc(-c4ccccc4)nc3)cnn2c1N. The quantitative estimate of drug-likeness (QED) is 0.312. The van der Waals surface area contributed by atoms with E-state index in [9.17, 15) is 4.79 Å². The molecule has 0 saturated carbocycles. The molecule has 0 bridgehead atoms. The molecule has 0 aliphatic heterocycles. The van der Waals surface area contributed by atoms with Crippen molar-refractivity contribution >= 4 is 42.5 Å². The minimum atomic E-state index is -0.956. The molecule has 3 aromatic heterocycles. The molecule has 0 aliphatic rings. The Morgan fingerprint density at radius 1 is 0.970 bits per heavy atom. The van der Waals surface area contributed by atoms with Gasteiger partial charge in [0.05, 0.1) is 17.5 Å². The van der Waals surface area contributed by atoms with Crippen LogP contribution < -0.4 is 11.2 Å². The summed E-state index contributed by atoms with van der Waals surface area (Å²) in [5.41, 5.74) is 11.7. The third kappa shape index (κ3) is 3.94. The summed E-state index contributed by atoms with van der Waals surface area (Å²) in [6.07, 6.45) is 3.56. The Hall–Kier alpha value is -4.11. The number of aromatic carboxylic acids is 1. The summed E-state index contributed by atoms with van der Waals surface area (Å²) < 4.78 is 1.63. The van der Waals surface area contributed by atoms with E-state index in [1.165, 1.54) is 11.8 Å². The molecule has 0 fully saturated rings. The predicted octanol–water partition coefficient (Wildman–Crippen LogP) is 3.15. The number of nitrogen functional groups attached to an aromatic ring is 1. The van der Waals surface area contributed by atoms with Crippen molar-refractivity contribution in [2.45, 2.75) is 9.92 Å². The van der Waals surface area contributed by atoms with Gasteiger partial charge in [0.2, 0.25) is 0 Å². The number of hydrogen-bond donors (Lipinski definition) is 2. The second-order valence-corrected chi connectivity index (χ2v) is 8.51. The van der Waals surface area contributed by atoms with E-state index in [1.807, 2.05) is 56.5 Å². The predicted molar refractivity (Wildman–Crippen MR) is 132 cm³/mol. The normalized spacial score (nSPS) is 11.0. The summed E-state index contributed by atoms with van der Waals surface area (Å²) in [5, 5.41) is 14.3. The summed E-state index contributed by atoms with van der Waals surface area (Å²) in [6.45, 7) is 0. The smallest absolute Gasteiger partial charge is 0.335 e. The largest absolute Gasteiger partial charge is 0.478 e. The Bertz CT molecular complexity index is 1470. The van der Waals surface area contributed by atoms with Gasteiger partial charge in [-0.2, -0.15) is 9.61 Å². The van der Waals surface area contributed by atoms with E-state index in [0.717, 1.165) is 37.8 Å². The van der Waals surface area contributed by atoms with Crippen LogP contribution in [-0.2, 0) is 0 Å². The molecule has 2 aromatic carbocycles. The Balaban J connectivity index is 1.52. The fourth-order valence-corrected chi connectivity index (χ4v) is 4.37. The maximum atomic E-state index is 11.1. The lowest BCUT2D eigenvalue weighted by Crippen LogP contribution is -2.19. The molecular formula is C24H18BN5O2S. The van der Waals surface area contributed by atoms with Gasteiger partial charge in [0.1, 0.15) is 18.7 Å². The van der Waals surface area contributed by atoms with Gasteiger partial charge in [-0.1, -0.05) is 48.2 Å². The van der Waals surface area contributed by atoms with Crippen LogP contribution in [0.1, 0.15) is 10.4 Å². The third-order valence-electron chi connectivity index (χ3n) is 5.34. The van der Waals surface area contributed by atoms with Crippen molar-refractivity contribution in [3.63, 3.8) is 0 Å². The van der Waals surface area contributed by atoms with Gasteiger partial charge >= 0.3 is 5.97 Å². The lowest BCUT2D eigenvalue weighted by Gasteiger charge is -2.10. The highest BCUT2D eigenvalue weighted by Gasteiger charge is 2.16. The number of pyridine rings is 1. The zero-order valence-electron chi connectivity index (χ0n) is 17.6. The Labute approximate surface area is 194 Å². The lowest BCUT2D eigenvalue weighted by molar-refractivity contribution is 0.0697. The monoisotopic (exact) mass is 451 g/mol. The van der Waals surface area contributed by atoms with Crippen LogP contribution in [0.2, 0.25) is 0 Å². The van der Waals surface area contributed by atoms with E-state index in [2.05, 4.69) is 10.1 Å². The first-order valence-corrected chi connectivity index (χ1v) is 11.0. The van der Waals surface area contributed by atoms with Gasteiger partial charge < -0.3 is 10.8 Å². The summed E-state index contributed by atoms with van der Waals surface area (Å²) >= 11 is 1.43. The maximum absolute atomic E-state index is 11.1. The zero-order valence-corrected chi connectivity index (χ0v) is 18.5. The number of carboxylic acids is 1. The van der Waals surface area contributed by atoms with E-state index < -0.39 is 5.97 Å². The van der Waals surface area contributed by atoms with Crippen LogP contribution in [0.3, 0.4) is 0 Å². The van der Waals surface area contributed by atoms with E-state index in [-0.39, 0.29) is 5.56 Å².